The number of carbonyl (C=O) groups is 1. The van der Waals surface area contributed by atoms with Crippen LogP contribution >= 0.6 is 15.9 Å². The number of rotatable bonds is 3. The van der Waals surface area contributed by atoms with Crippen LogP contribution in [-0.2, 0) is 10.2 Å². The summed E-state index contributed by atoms with van der Waals surface area (Å²) in [7, 11) is 1.39. The van der Waals surface area contributed by atoms with Crippen LogP contribution in [0.5, 0.6) is 0 Å². The number of esters is 1. The lowest BCUT2D eigenvalue weighted by Crippen LogP contribution is -2.19. The first-order chi connectivity index (χ1) is 7.01. The molecule has 0 bridgehead atoms. The minimum atomic E-state index is -0.290. The summed E-state index contributed by atoms with van der Waals surface area (Å²) in [5.41, 5.74) is 1.75. The number of carbonyl (C=O) groups excluding carboxylic acids is 1. The molecule has 0 amide bonds. The van der Waals surface area contributed by atoms with E-state index in [1.165, 1.54) is 7.11 Å². The molecule has 0 saturated heterocycles. The molecule has 1 aromatic carbocycles. The molecule has 0 aliphatic heterocycles. The van der Waals surface area contributed by atoms with E-state index in [0.717, 1.165) is 10.9 Å². The van der Waals surface area contributed by atoms with Gasteiger partial charge in [-0.25, -0.2) is 4.79 Å². The molecule has 1 rings (SSSR count). The zero-order chi connectivity index (χ0) is 11.5. The number of methoxy groups -OCH3 is 1. The second kappa shape index (κ2) is 4.79. The first-order valence-electron chi connectivity index (χ1n) is 4.76. The maximum atomic E-state index is 11.3. The third kappa shape index (κ3) is 2.81. The van der Waals surface area contributed by atoms with Gasteiger partial charge in [-0.3, -0.25) is 0 Å². The Bertz CT molecular complexity index is 358. The highest BCUT2D eigenvalue weighted by atomic mass is 79.9. The zero-order valence-corrected chi connectivity index (χ0v) is 10.8. The smallest absolute Gasteiger partial charge is 0.337 e. The van der Waals surface area contributed by atoms with Crippen molar-refractivity contribution in [2.24, 2.45) is 0 Å². The third-order valence-corrected chi connectivity index (χ3v) is 3.80. The van der Waals surface area contributed by atoms with Crippen molar-refractivity contribution in [3.63, 3.8) is 0 Å². The van der Waals surface area contributed by atoms with Crippen molar-refractivity contribution in [3.8, 4) is 0 Å². The molecule has 0 fully saturated rings. The van der Waals surface area contributed by atoms with Crippen molar-refractivity contribution >= 4 is 21.9 Å². The minimum absolute atomic E-state index is 0.0179. The van der Waals surface area contributed by atoms with Gasteiger partial charge in [-0.15, -0.1) is 0 Å². The molecule has 15 heavy (non-hydrogen) atoms. The number of ether oxygens (including phenoxy) is 1. The van der Waals surface area contributed by atoms with Gasteiger partial charge in [0.2, 0.25) is 0 Å². The van der Waals surface area contributed by atoms with Gasteiger partial charge in [0.1, 0.15) is 0 Å². The maximum Gasteiger partial charge on any atom is 0.337 e. The molecule has 0 heterocycles. The molecule has 2 nitrogen and oxygen atoms in total. The highest BCUT2D eigenvalue weighted by Crippen LogP contribution is 2.25. The molecule has 0 unspecified atom stereocenters. The molecule has 0 aliphatic rings. The average molecular weight is 271 g/mol. The Kier molecular flexibility index (Phi) is 3.91. The number of alkyl halides is 1. The van der Waals surface area contributed by atoms with Crippen molar-refractivity contribution < 1.29 is 9.53 Å². The molecule has 1 aromatic rings. The maximum absolute atomic E-state index is 11.3. The Hall–Kier alpha value is -0.830. The molecular weight excluding hydrogens is 256 g/mol. The summed E-state index contributed by atoms with van der Waals surface area (Å²) in [6.07, 6.45) is 0. The van der Waals surface area contributed by atoms with Gasteiger partial charge in [-0.1, -0.05) is 41.9 Å². The van der Waals surface area contributed by atoms with Gasteiger partial charge in [-0.05, 0) is 23.1 Å². The third-order valence-electron chi connectivity index (χ3n) is 2.40. The highest BCUT2D eigenvalue weighted by Gasteiger charge is 2.20. The SMILES string of the molecule is COC(=O)c1cccc(C(C)(C)CBr)c1. The van der Waals surface area contributed by atoms with Gasteiger partial charge < -0.3 is 4.74 Å². The lowest BCUT2D eigenvalue weighted by molar-refractivity contribution is 0.0600. The summed E-state index contributed by atoms with van der Waals surface area (Å²) < 4.78 is 4.69. The lowest BCUT2D eigenvalue weighted by Gasteiger charge is -2.22. The minimum Gasteiger partial charge on any atom is -0.465 e. The van der Waals surface area contributed by atoms with Crippen LogP contribution in [0.15, 0.2) is 24.3 Å². The van der Waals surface area contributed by atoms with Gasteiger partial charge in [0, 0.05) is 5.33 Å². The van der Waals surface area contributed by atoms with Crippen LogP contribution in [0.3, 0.4) is 0 Å². The molecule has 3 heteroatoms. The lowest BCUT2D eigenvalue weighted by atomic mass is 9.86. The summed E-state index contributed by atoms with van der Waals surface area (Å²) in [6, 6.07) is 7.55. The van der Waals surface area contributed by atoms with E-state index in [1.54, 1.807) is 6.07 Å². The fourth-order valence-electron chi connectivity index (χ4n) is 1.26. The Morgan fingerprint density at radius 2 is 2.13 bits per heavy atom. The first-order valence-corrected chi connectivity index (χ1v) is 5.88. The van der Waals surface area contributed by atoms with Crippen LogP contribution < -0.4 is 0 Å². The Morgan fingerprint density at radius 1 is 1.47 bits per heavy atom. The summed E-state index contributed by atoms with van der Waals surface area (Å²) >= 11 is 3.47. The quantitative estimate of drug-likeness (QED) is 0.623. The molecule has 0 saturated carbocycles. The molecule has 0 atom stereocenters. The number of benzene rings is 1. The van der Waals surface area contributed by atoms with Gasteiger partial charge in [0.05, 0.1) is 12.7 Å². The topological polar surface area (TPSA) is 26.3 Å². The van der Waals surface area contributed by atoms with Gasteiger partial charge >= 0.3 is 5.97 Å². The van der Waals surface area contributed by atoms with Crippen molar-refractivity contribution in [3.05, 3.63) is 35.4 Å². The van der Waals surface area contributed by atoms with Crippen molar-refractivity contribution in [1.82, 2.24) is 0 Å². The zero-order valence-electron chi connectivity index (χ0n) is 9.21. The Morgan fingerprint density at radius 3 is 2.67 bits per heavy atom. The summed E-state index contributed by atoms with van der Waals surface area (Å²) in [5, 5.41) is 0.852. The molecule has 0 spiro atoms. The van der Waals surface area contributed by atoms with E-state index in [0.29, 0.717) is 5.56 Å². The molecular formula is C12H15BrO2. The first kappa shape index (κ1) is 12.2. The summed E-state index contributed by atoms with van der Waals surface area (Å²) in [4.78, 5) is 11.3. The van der Waals surface area contributed by atoms with Gasteiger partial charge in [-0.2, -0.15) is 0 Å². The van der Waals surface area contributed by atoms with Crippen molar-refractivity contribution in [2.45, 2.75) is 19.3 Å². The van der Waals surface area contributed by atoms with Crippen LogP contribution in [-0.4, -0.2) is 18.4 Å². The van der Waals surface area contributed by atoms with Gasteiger partial charge in [0.15, 0.2) is 0 Å². The van der Waals surface area contributed by atoms with Crippen LogP contribution in [0.2, 0.25) is 0 Å². The van der Waals surface area contributed by atoms with E-state index in [4.69, 9.17) is 0 Å². The summed E-state index contributed by atoms with van der Waals surface area (Å²) in [6.45, 7) is 4.25. The van der Waals surface area contributed by atoms with E-state index in [1.807, 2.05) is 18.2 Å². The fourth-order valence-corrected chi connectivity index (χ4v) is 1.59. The second-order valence-corrected chi connectivity index (χ2v) is 4.65. The van der Waals surface area contributed by atoms with E-state index in [-0.39, 0.29) is 11.4 Å². The Balaban J connectivity index is 3.08. The van der Waals surface area contributed by atoms with Crippen molar-refractivity contribution in [1.29, 1.82) is 0 Å². The van der Waals surface area contributed by atoms with Crippen LogP contribution in [0.1, 0.15) is 29.8 Å². The van der Waals surface area contributed by atoms with E-state index >= 15 is 0 Å². The molecule has 0 N–H and O–H groups in total. The number of hydrogen-bond donors (Lipinski definition) is 0. The highest BCUT2D eigenvalue weighted by molar-refractivity contribution is 9.09. The van der Waals surface area contributed by atoms with Crippen LogP contribution in [0.25, 0.3) is 0 Å². The fraction of sp³-hybridized carbons (Fsp3) is 0.417. The van der Waals surface area contributed by atoms with E-state index < -0.39 is 0 Å². The normalized spacial score (nSPS) is 11.2. The second-order valence-electron chi connectivity index (χ2n) is 4.09. The predicted molar refractivity (Wildman–Crippen MR) is 64.6 cm³/mol. The molecule has 0 aromatic heterocycles. The molecule has 82 valence electrons. The summed E-state index contributed by atoms with van der Waals surface area (Å²) in [5.74, 6) is -0.290. The van der Waals surface area contributed by atoms with E-state index in [9.17, 15) is 4.79 Å². The predicted octanol–water partition coefficient (Wildman–Crippen LogP) is 3.15. The Labute approximate surface area is 98.8 Å². The van der Waals surface area contributed by atoms with Gasteiger partial charge in [0.25, 0.3) is 0 Å². The van der Waals surface area contributed by atoms with Crippen molar-refractivity contribution in [2.75, 3.05) is 12.4 Å². The van der Waals surface area contributed by atoms with Crippen LogP contribution in [0, 0.1) is 0 Å². The largest absolute Gasteiger partial charge is 0.465 e. The standard InChI is InChI=1S/C12H15BrO2/c1-12(2,8-13)10-6-4-5-9(7-10)11(14)15-3/h4-7H,8H2,1-3H3. The monoisotopic (exact) mass is 270 g/mol. The van der Waals surface area contributed by atoms with E-state index in [2.05, 4.69) is 34.5 Å². The van der Waals surface area contributed by atoms with Crippen LogP contribution in [0.4, 0.5) is 0 Å². The average Bonchev–Trinajstić information content (AvgIpc) is 2.28. The number of halogens is 1. The molecule has 0 radical (unpaired) electrons. The molecule has 0 aliphatic carbocycles. The number of hydrogen-bond acceptors (Lipinski definition) is 2.